The van der Waals surface area contributed by atoms with E-state index in [1.54, 1.807) is 12.4 Å². The molecular formula is C26H27N7O. The number of rotatable bonds is 10. The predicted octanol–water partition coefficient (Wildman–Crippen LogP) is 4.45. The van der Waals surface area contributed by atoms with Crippen molar-refractivity contribution in [3.05, 3.63) is 102 Å². The van der Waals surface area contributed by atoms with E-state index in [1.165, 1.54) is 0 Å². The number of hydrogen-bond donors (Lipinski definition) is 4. The molecule has 0 unspecified atom stereocenters. The normalized spacial score (nSPS) is 11.2. The first-order valence-electron chi connectivity index (χ1n) is 11.1. The summed E-state index contributed by atoms with van der Waals surface area (Å²) in [6.07, 6.45) is 4.06. The highest BCUT2D eigenvalue weighted by molar-refractivity contribution is 5.98. The first-order valence-corrected chi connectivity index (χ1v) is 11.1. The molecule has 0 spiro atoms. The van der Waals surface area contributed by atoms with Crippen molar-refractivity contribution in [2.45, 2.75) is 13.3 Å². The summed E-state index contributed by atoms with van der Waals surface area (Å²) in [5, 5.41) is 20.5. The van der Waals surface area contributed by atoms with Crippen LogP contribution in [-0.4, -0.2) is 38.9 Å². The van der Waals surface area contributed by atoms with Gasteiger partial charge in [-0.05, 0) is 36.8 Å². The first-order chi connectivity index (χ1) is 16.7. The summed E-state index contributed by atoms with van der Waals surface area (Å²) in [6.45, 7) is 2.27. The molecule has 8 nitrogen and oxygen atoms in total. The lowest BCUT2D eigenvalue weighted by molar-refractivity contribution is 0.311. The van der Waals surface area contributed by atoms with Gasteiger partial charge in [-0.3, -0.25) is 10.4 Å². The van der Waals surface area contributed by atoms with Gasteiger partial charge < -0.3 is 15.7 Å². The third-order valence-corrected chi connectivity index (χ3v) is 5.09. The van der Waals surface area contributed by atoms with Gasteiger partial charge in [0.15, 0.2) is 5.82 Å². The summed E-state index contributed by atoms with van der Waals surface area (Å²) < 4.78 is 0. The monoisotopic (exact) mass is 453 g/mol. The number of para-hydroxylation sites is 1. The average molecular weight is 454 g/mol. The van der Waals surface area contributed by atoms with Crippen molar-refractivity contribution < 1.29 is 5.11 Å². The van der Waals surface area contributed by atoms with Gasteiger partial charge in [-0.15, -0.1) is 0 Å². The molecule has 0 bridgehead atoms. The zero-order valence-electron chi connectivity index (χ0n) is 18.9. The maximum atomic E-state index is 9.42. The Kier molecular flexibility index (Phi) is 7.76. The highest BCUT2D eigenvalue weighted by Crippen LogP contribution is 2.27. The largest absolute Gasteiger partial charge is 0.395 e. The molecular weight excluding hydrogens is 426 g/mol. The number of hydrazone groups is 1. The molecule has 0 aliphatic heterocycles. The number of aliphatic hydroxyl groups excluding tert-OH is 1. The number of aliphatic hydroxyl groups is 1. The number of nitrogens with zero attached hydrogens (tertiary/aromatic N) is 4. The Morgan fingerprint density at radius 3 is 2.26 bits per heavy atom. The number of anilines is 4. The number of aromatic nitrogens is 3. The van der Waals surface area contributed by atoms with Crippen LogP contribution in [0.15, 0.2) is 90.3 Å². The number of hydrogen-bond acceptors (Lipinski definition) is 8. The van der Waals surface area contributed by atoms with E-state index < -0.39 is 0 Å². The van der Waals surface area contributed by atoms with Gasteiger partial charge in [-0.25, -0.2) is 0 Å². The molecule has 0 radical (unpaired) electrons. The van der Waals surface area contributed by atoms with Crippen molar-refractivity contribution in [1.82, 2.24) is 15.0 Å². The van der Waals surface area contributed by atoms with E-state index in [0.717, 1.165) is 28.1 Å². The van der Waals surface area contributed by atoms with Crippen LogP contribution in [-0.2, 0) is 6.42 Å². The fraction of sp³-hybridized carbons (Fsp3) is 0.154. The van der Waals surface area contributed by atoms with Crippen molar-refractivity contribution in [3.8, 4) is 0 Å². The minimum atomic E-state index is -0.0156. The molecule has 34 heavy (non-hydrogen) atoms. The smallest absolute Gasteiger partial charge is 0.231 e. The molecule has 4 N–H and O–H groups in total. The fourth-order valence-electron chi connectivity index (χ4n) is 3.37. The quantitative estimate of drug-likeness (QED) is 0.208. The van der Waals surface area contributed by atoms with Crippen molar-refractivity contribution >= 4 is 29.0 Å². The Hall–Kier alpha value is -4.30. The Balaban J connectivity index is 1.74. The van der Waals surface area contributed by atoms with Crippen molar-refractivity contribution in [1.29, 1.82) is 0 Å². The molecule has 0 saturated heterocycles. The van der Waals surface area contributed by atoms with Gasteiger partial charge in [0.25, 0.3) is 0 Å². The van der Waals surface area contributed by atoms with Crippen LogP contribution in [0.2, 0.25) is 0 Å². The average Bonchev–Trinajstić information content (AvgIpc) is 2.89. The molecule has 0 fully saturated rings. The van der Waals surface area contributed by atoms with E-state index in [0.29, 0.717) is 30.5 Å². The summed E-state index contributed by atoms with van der Waals surface area (Å²) in [5.41, 5.74) is 7.74. The van der Waals surface area contributed by atoms with E-state index in [4.69, 9.17) is 9.97 Å². The number of pyridine rings is 1. The molecule has 0 saturated carbocycles. The predicted molar refractivity (Wildman–Crippen MR) is 137 cm³/mol. The van der Waals surface area contributed by atoms with Crippen LogP contribution in [0.5, 0.6) is 0 Å². The fourth-order valence-corrected chi connectivity index (χ4v) is 3.37. The van der Waals surface area contributed by atoms with Gasteiger partial charge in [0, 0.05) is 42.2 Å². The van der Waals surface area contributed by atoms with Crippen LogP contribution in [0.1, 0.15) is 23.6 Å². The Bertz CT molecular complexity index is 1220. The third kappa shape index (κ3) is 6.14. The Labute approximate surface area is 198 Å². The van der Waals surface area contributed by atoms with Crippen molar-refractivity contribution in [2.24, 2.45) is 5.10 Å². The van der Waals surface area contributed by atoms with Gasteiger partial charge in [0.1, 0.15) is 5.82 Å². The minimum absolute atomic E-state index is 0.0156. The van der Waals surface area contributed by atoms with Gasteiger partial charge in [-0.1, -0.05) is 48.5 Å². The molecule has 8 heteroatoms. The maximum Gasteiger partial charge on any atom is 0.231 e. The molecule has 2 aromatic heterocycles. The summed E-state index contributed by atoms with van der Waals surface area (Å²) in [6, 6.07) is 23.6. The van der Waals surface area contributed by atoms with Crippen molar-refractivity contribution in [3.63, 3.8) is 0 Å². The zero-order chi connectivity index (χ0) is 23.6. The number of nitrogens with one attached hydrogen (secondary N) is 3. The zero-order valence-corrected chi connectivity index (χ0v) is 18.9. The van der Waals surface area contributed by atoms with E-state index in [2.05, 4.69) is 38.3 Å². The number of benzene rings is 2. The molecule has 172 valence electrons. The van der Waals surface area contributed by atoms with Gasteiger partial charge >= 0.3 is 0 Å². The minimum Gasteiger partial charge on any atom is -0.395 e. The molecule has 4 rings (SSSR count). The third-order valence-electron chi connectivity index (χ3n) is 5.09. The standard InChI is InChI=1S/C26H27N7O/c1-19(21-12-14-27-15-13-21)32-33-25-23(18-20-8-4-2-5-9-20)24(28-16-17-34)30-26(31-25)29-22-10-6-3-7-11-22/h2-15,34H,16-18H2,1H3,(H3,28,29,30,31,33). The summed E-state index contributed by atoms with van der Waals surface area (Å²) >= 11 is 0. The lowest BCUT2D eigenvalue weighted by Gasteiger charge is -2.17. The highest BCUT2D eigenvalue weighted by atomic mass is 16.3. The summed E-state index contributed by atoms with van der Waals surface area (Å²) in [4.78, 5) is 13.5. The van der Waals surface area contributed by atoms with Crippen LogP contribution in [0.3, 0.4) is 0 Å². The maximum absolute atomic E-state index is 9.42. The van der Waals surface area contributed by atoms with E-state index in [1.807, 2.05) is 67.6 Å². The Morgan fingerprint density at radius 1 is 0.882 bits per heavy atom. The van der Waals surface area contributed by atoms with Crippen LogP contribution < -0.4 is 16.1 Å². The van der Waals surface area contributed by atoms with Gasteiger partial charge in [0.2, 0.25) is 5.95 Å². The van der Waals surface area contributed by atoms with E-state index in [9.17, 15) is 5.11 Å². The van der Waals surface area contributed by atoms with Gasteiger partial charge in [0.05, 0.1) is 12.3 Å². The second-order valence-corrected chi connectivity index (χ2v) is 7.57. The SMILES string of the molecule is CC(=NNc1nc(Nc2ccccc2)nc(NCCO)c1Cc1ccccc1)c1ccncc1. The summed E-state index contributed by atoms with van der Waals surface area (Å²) in [7, 11) is 0. The summed E-state index contributed by atoms with van der Waals surface area (Å²) in [5.74, 6) is 1.62. The van der Waals surface area contributed by atoms with Crippen molar-refractivity contribution in [2.75, 3.05) is 29.2 Å². The Morgan fingerprint density at radius 2 is 1.56 bits per heavy atom. The van der Waals surface area contributed by atoms with Crippen LogP contribution in [0, 0.1) is 0 Å². The lowest BCUT2D eigenvalue weighted by atomic mass is 10.1. The van der Waals surface area contributed by atoms with Crippen LogP contribution >= 0.6 is 0 Å². The first kappa shape index (κ1) is 22.9. The molecule has 0 amide bonds. The molecule has 2 aromatic carbocycles. The second kappa shape index (κ2) is 11.5. The second-order valence-electron chi connectivity index (χ2n) is 7.57. The highest BCUT2D eigenvalue weighted by Gasteiger charge is 2.16. The molecule has 0 atom stereocenters. The van der Waals surface area contributed by atoms with Crippen LogP contribution in [0.25, 0.3) is 0 Å². The molecule has 0 aliphatic rings. The molecule has 0 aliphatic carbocycles. The van der Waals surface area contributed by atoms with Crippen LogP contribution in [0.4, 0.5) is 23.3 Å². The molecule has 4 aromatic rings. The lowest BCUT2D eigenvalue weighted by Crippen LogP contribution is -2.14. The van der Waals surface area contributed by atoms with E-state index in [-0.39, 0.29) is 6.61 Å². The topological polar surface area (TPSA) is 107 Å². The molecule has 2 heterocycles. The van der Waals surface area contributed by atoms with Gasteiger partial charge in [-0.2, -0.15) is 15.1 Å². The van der Waals surface area contributed by atoms with E-state index >= 15 is 0 Å².